The second-order valence-electron chi connectivity index (χ2n) is 3.15. The van der Waals surface area contributed by atoms with Crippen LogP contribution in [0.2, 0.25) is 0 Å². The largest absolute Gasteiger partial charge is 0.416 e. The number of hydrogen-bond acceptors (Lipinski definition) is 1. The molecule has 1 nitrogen and oxygen atoms in total. The second kappa shape index (κ2) is 5.50. The van der Waals surface area contributed by atoms with Crippen molar-refractivity contribution in [1.82, 2.24) is 0 Å². The van der Waals surface area contributed by atoms with Crippen LogP contribution in [0, 0.1) is 0 Å². The topological polar surface area (TPSA) is 9.23 Å². The first kappa shape index (κ1) is 13.3. The molecule has 0 saturated carbocycles. The molecule has 0 heterocycles. The van der Waals surface area contributed by atoms with Gasteiger partial charge in [-0.3, -0.25) is 0 Å². The number of halogens is 4. The number of hydrogen-bond donors (Lipinski definition) is 0. The lowest BCUT2D eigenvalue weighted by Crippen LogP contribution is -2.06. The molecule has 0 aliphatic rings. The van der Waals surface area contributed by atoms with Crippen molar-refractivity contribution >= 4 is 15.9 Å². The Morgan fingerprint density at radius 3 is 2.56 bits per heavy atom. The molecule has 1 aromatic rings. The van der Waals surface area contributed by atoms with Gasteiger partial charge in [0.05, 0.1) is 18.8 Å². The maximum atomic E-state index is 12.5. The summed E-state index contributed by atoms with van der Waals surface area (Å²) < 4.78 is 42.8. The van der Waals surface area contributed by atoms with Gasteiger partial charge in [-0.25, -0.2) is 0 Å². The molecule has 0 bridgehead atoms. The summed E-state index contributed by atoms with van der Waals surface area (Å²) in [7, 11) is 0. The molecule has 16 heavy (non-hydrogen) atoms. The van der Waals surface area contributed by atoms with Crippen LogP contribution in [0.25, 0.3) is 0 Å². The number of alkyl halides is 3. The van der Waals surface area contributed by atoms with Gasteiger partial charge in [0.25, 0.3) is 0 Å². The predicted molar refractivity (Wildman–Crippen MR) is 59.0 cm³/mol. The van der Waals surface area contributed by atoms with Gasteiger partial charge in [0, 0.05) is 4.47 Å². The Labute approximate surface area is 100 Å². The van der Waals surface area contributed by atoms with Gasteiger partial charge in [0.15, 0.2) is 0 Å². The summed E-state index contributed by atoms with van der Waals surface area (Å²) >= 11 is 3.04. The van der Waals surface area contributed by atoms with Crippen LogP contribution in [-0.2, 0) is 17.5 Å². The predicted octanol–water partition coefficient (Wildman–Crippen LogP) is 4.17. The van der Waals surface area contributed by atoms with E-state index < -0.39 is 11.7 Å². The van der Waals surface area contributed by atoms with Crippen molar-refractivity contribution in [2.24, 2.45) is 0 Å². The van der Waals surface area contributed by atoms with Gasteiger partial charge in [-0.1, -0.05) is 22.0 Å². The highest BCUT2D eigenvalue weighted by atomic mass is 79.9. The van der Waals surface area contributed by atoms with Crippen LogP contribution >= 0.6 is 15.9 Å². The third-order valence-corrected chi connectivity index (χ3v) is 2.25. The molecule has 0 amide bonds. The average molecular weight is 295 g/mol. The van der Waals surface area contributed by atoms with Gasteiger partial charge in [-0.15, -0.1) is 6.58 Å². The Kier molecular flexibility index (Phi) is 4.56. The van der Waals surface area contributed by atoms with Gasteiger partial charge in [-0.05, 0) is 23.8 Å². The molecular weight excluding hydrogens is 285 g/mol. The normalized spacial score (nSPS) is 11.5. The zero-order valence-electron chi connectivity index (χ0n) is 8.35. The summed E-state index contributed by atoms with van der Waals surface area (Å²) in [6.45, 7) is 3.90. The molecule has 0 saturated heterocycles. The van der Waals surface area contributed by atoms with E-state index >= 15 is 0 Å². The fourth-order valence-corrected chi connectivity index (χ4v) is 1.70. The number of benzene rings is 1. The van der Waals surface area contributed by atoms with Crippen molar-refractivity contribution in [2.45, 2.75) is 12.8 Å². The number of rotatable bonds is 4. The maximum absolute atomic E-state index is 12.5. The molecule has 0 aliphatic carbocycles. The van der Waals surface area contributed by atoms with Crippen molar-refractivity contribution in [2.75, 3.05) is 6.61 Å². The highest BCUT2D eigenvalue weighted by Crippen LogP contribution is 2.32. The standard InChI is InChI=1S/C11H10BrF3O/c1-2-3-16-7-8-4-9(11(13,14)15)6-10(12)5-8/h2,4-6H,1,3,7H2. The monoisotopic (exact) mass is 294 g/mol. The molecule has 0 spiro atoms. The van der Waals surface area contributed by atoms with Gasteiger partial charge in [0.2, 0.25) is 0 Å². The lowest BCUT2D eigenvalue weighted by atomic mass is 10.1. The molecule has 0 N–H and O–H groups in total. The Morgan fingerprint density at radius 1 is 1.31 bits per heavy atom. The molecule has 5 heteroatoms. The summed E-state index contributed by atoms with van der Waals surface area (Å²) in [6.07, 6.45) is -2.79. The minimum absolute atomic E-state index is 0.133. The first-order valence-corrected chi connectivity index (χ1v) is 5.28. The smallest absolute Gasteiger partial charge is 0.373 e. The summed E-state index contributed by atoms with van der Waals surface area (Å²) in [5.74, 6) is 0. The average Bonchev–Trinajstić information content (AvgIpc) is 2.16. The minimum atomic E-state index is -4.34. The van der Waals surface area contributed by atoms with Crippen molar-refractivity contribution in [3.05, 3.63) is 46.5 Å². The fourth-order valence-electron chi connectivity index (χ4n) is 1.16. The molecule has 0 unspecified atom stereocenters. The molecule has 0 radical (unpaired) electrons. The molecule has 0 fully saturated rings. The number of ether oxygens (including phenoxy) is 1. The van der Waals surface area contributed by atoms with Gasteiger partial charge in [0.1, 0.15) is 0 Å². The van der Waals surface area contributed by atoms with Crippen LogP contribution in [-0.4, -0.2) is 6.61 Å². The van der Waals surface area contributed by atoms with Gasteiger partial charge >= 0.3 is 6.18 Å². The molecule has 1 rings (SSSR count). The highest BCUT2D eigenvalue weighted by molar-refractivity contribution is 9.10. The summed E-state index contributed by atoms with van der Waals surface area (Å²) in [6, 6.07) is 3.71. The molecule has 0 aliphatic heterocycles. The zero-order chi connectivity index (χ0) is 12.2. The van der Waals surface area contributed by atoms with E-state index in [9.17, 15) is 13.2 Å². The van der Waals surface area contributed by atoms with E-state index in [2.05, 4.69) is 22.5 Å². The first-order chi connectivity index (χ1) is 7.43. The molecule has 88 valence electrons. The fraction of sp³-hybridized carbons (Fsp3) is 0.273. The quantitative estimate of drug-likeness (QED) is 0.598. The van der Waals surface area contributed by atoms with Crippen molar-refractivity contribution in [3.63, 3.8) is 0 Å². The Balaban J connectivity index is 2.86. The van der Waals surface area contributed by atoms with Crippen LogP contribution in [0.4, 0.5) is 13.2 Å². The van der Waals surface area contributed by atoms with Gasteiger partial charge in [-0.2, -0.15) is 13.2 Å². The maximum Gasteiger partial charge on any atom is 0.416 e. The Hall–Kier alpha value is -0.810. The SMILES string of the molecule is C=CCOCc1cc(Br)cc(C(F)(F)F)c1. The van der Waals surface area contributed by atoms with Crippen LogP contribution in [0.5, 0.6) is 0 Å². The van der Waals surface area contributed by atoms with E-state index in [1.165, 1.54) is 0 Å². The summed E-state index contributed by atoms with van der Waals surface area (Å²) in [5.41, 5.74) is -0.206. The third-order valence-electron chi connectivity index (χ3n) is 1.79. The van der Waals surface area contributed by atoms with Crippen molar-refractivity contribution < 1.29 is 17.9 Å². The molecule has 1 aromatic carbocycles. The summed E-state index contributed by atoms with van der Waals surface area (Å²) in [4.78, 5) is 0. The zero-order valence-corrected chi connectivity index (χ0v) is 9.94. The third kappa shape index (κ3) is 3.98. The summed E-state index contributed by atoms with van der Waals surface area (Å²) in [5, 5.41) is 0. The van der Waals surface area contributed by atoms with E-state index in [-0.39, 0.29) is 6.61 Å². The Morgan fingerprint density at radius 2 is 2.00 bits per heavy atom. The lowest BCUT2D eigenvalue weighted by Gasteiger charge is -2.10. The molecule has 0 aromatic heterocycles. The second-order valence-corrected chi connectivity index (χ2v) is 4.07. The van der Waals surface area contributed by atoms with Gasteiger partial charge < -0.3 is 4.74 Å². The Bertz CT molecular complexity index is 374. The van der Waals surface area contributed by atoms with E-state index in [0.29, 0.717) is 16.6 Å². The van der Waals surface area contributed by atoms with E-state index in [1.807, 2.05) is 0 Å². The van der Waals surface area contributed by atoms with E-state index in [0.717, 1.165) is 12.1 Å². The van der Waals surface area contributed by atoms with Crippen LogP contribution in [0.1, 0.15) is 11.1 Å². The van der Waals surface area contributed by atoms with Crippen molar-refractivity contribution in [1.29, 1.82) is 0 Å². The molecule has 0 atom stereocenters. The van der Waals surface area contributed by atoms with E-state index in [1.54, 1.807) is 12.1 Å². The van der Waals surface area contributed by atoms with Crippen LogP contribution in [0.15, 0.2) is 35.3 Å². The highest BCUT2D eigenvalue weighted by Gasteiger charge is 2.30. The molecular formula is C11H10BrF3O. The van der Waals surface area contributed by atoms with Crippen LogP contribution < -0.4 is 0 Å². The minimum Gasteiger partial charge on any atom is -0.373 e. The first-order valence-electron chi connectivity index (χ1n) is 4.49. The van der Waals surface area contributed by atoms with Crippen LogP contribution in [0.3, 0.4) is 0 Å². The van der Waals surface area contributed by atoms with Crippen molar-refractivity contribution in [3.8, 4) is 0 Å². The lowest BCUT2D eigenvalue weighted by molar-refractivity contribution is -0.137. The van der Waals surface area contributed by atoms with E-state index in [4.69, 9.17) is 4.74 Å².